The maximum absolute atomic E-state index is 14.2. The van der Waals surface area contributed by atoms with Crippen LogP contribution in [0.25, 0.3) is 27.9 Å². The van der Waals surface area contributed by atoms with E-state index in [1.165, 1.54) is 18.5 Å². The molecular weight excluding hydrogens is 504 g/mol. The molecule has 0 atom stereocenters. The first-order valence-corrected chi connectivity index (χ1v) is 10.6. The van der Waals surface area contributed by atoms with Crippen LogP contribution in [0.15, 0.2) is 65.8 Å². The summed E-state index contributed by atoms with van der Waals surface area (Å²) in [5, 5.41) is 18.5. The SMILES string of the molecule is O=c1n(Cc2ccc(C(F)(F)F)nc2)nc2c(-c3cnc(O)c(F)c3)c(-c3ccc(Cl)cc3)cnn12. The number of alkyl halides is 3. The topological polar surface area (TPSA) is 98.2 Å². The molecule has 0 fully saturated rings. The first kappa shape index (κ1) is 23.4. The normalized spacial score (nSPS) is 11.8. The van der Waals surface area contributed by atoms with E-state index in [0.29, 0.717) is 27.3 Å². The third-order valence-electron chi connectivity index (χ3n) is 5.33. The number of halogens is 5. The second-order valence-corrected chi connectivity index (χ2v) is 8.13. The molecule has 5 rings (SSSR count). The summed E-state index contributed by atoms with van der Waals surface area (Å²) in [6.45, 7) is -0.189. The van der Waals surface area contributed by atoms with Crippen molar-refractivity contribution < 1.29 is 22.7 Å². The van der Waals surface area contributed by atoms with Crippen LogP contribution in [0.4, 0.5) is 17.6 Å². The summed E-state index contributed by atoms with van der Waals surface area (Å²) in [6, 6.07) is 9.73. The lowest BCUT2D eigenvalue weighted by Gasteiger charge is -2.11. The molecule has 4 aromatic heterocycles. The number of fused-ring (bicyclic) bond motifs is 1. The molecule has 0 aliphatic carbocycles. The summed E-state index contributed by atoms with van der Waals surface area (Å²) >= 11 is 5.99. The molecule has 0 unspecified atom stereocenters. The zero-order valence-electron chi connectivity index (χ0n) is 17.9. The standard InChI is InChI=1S/C23H13ClF4N6O2/c24-15-4-2-13(3-5-15)16-10-31-34-20(19(16)14-7-17(25)21(35)30-9-14)32-33(22(34)36)11-12-1-6-18(29-8-12)23(26,27)28/h1-10H,11H2,(H,30,35). The third-order valence-corrected chi connectivity index (χ3v) is 5.58. The lowest BCUT2D eigenvalue weighted by Crippen LogP contribution is -2.23. The predicted molar refractivity (Wildman–Crippen MR) is 121 cm³/mol. The van der Waals surface area contributed by atoms with E-state index in [1.807, 2.05) is 0 Å². The molecule has 0 amide bonds. The fourth-order valence-corrected chi connectivity index (χ4v) is 3.75. The van der Waals surface area contributed by atoms with Gasteiger partial charge in [-0.1, -0.05) is 29.8 Å². The largest absolute Gasteiger partial charge is 0.491 e. The fourth-order valence-electron chi connectivity index (χ4n) is 3.62. The van der Waals surface area contributed by atoms with E-state index >= 15 is 0 Å². The Morgan fingerprint density at radius 2 is 1.72 bits per heavy atom. The van der Waals surface area contributed by atoms with Crippen LogP contribution in [0.5, 0.6) is 5.88 Å². The van der Waals surface area contributed by atoms with E-state index in [4.69, 9.17) is 11.6 Å². The molecule has 0 aliphatic heterocycles. The van der Waals surface area contributed by atoms with Gasteiger partial charge in [0.25, 0.3) is 0 Å². The van der Waals surface area contributed by atoms with Gasteiger partial charge in [-0.15, -0.1) is 5.10 Å². The molecule has 1 N–H and O–H groups in total. The second-order valence-electron chi connectivity index (χ2n) is 7.69. The lowest BCUT2D eigenvalue weighted by atomic mass is 9.98. The number of rotatable bonds is 4. The summed E-state index contributed by atoms with van der Waals surface area (Å²) in [7, 11) is 0. The smallest absolute Gasteiger partial charge is 0.433 e. The van der Waals surface area contributed by atoms with E-state index in [9.17, 15) is 27.5 Å². The first-order chi connectivity index (χ1) is 17.1. The van der Waals surface area contributed by atoms with Crippen LogP contribution in [-0.2, 0) is 12.7 Å². The molecule has 36 heavy (non-hydrogen) atoms. The molecule has 5 aromatic rings. The highest BCUT2D eigenvalue weighted by Crippen LogP contribution is 2.35. The Labute approximate surface area is 204 Å². The van der Waals surface area contributed by atoms with E-state index in [0.717, 1.165) is 27.5 Å². The average Bonchev–Trinajstić information content (AvgIpc) is 3.16. The minimum atomic E-state index is -4.59. The van der Waals surface area contributed by atoms with Gasteiger partial charge >= 0.3 is 11.9 Å². The number of hydrogen-bond donors (Lipinski definition) is 1. The van der Waals surface area contributed by atoms with Crippen LogP contribution in [0.1, 0.15) is 11.3 Å². The van der Waals surface area contributed by atoms with Gasteiger partial charge in [0.1, 0.15) is 5.69 Å². The van der Waals surface area contributed by atoms with Gasteiger partial charge in [-0.05, 0) is 35.4 Å². The molecule has 0 saturated carbocycles. The van der Waals surface area contributed by atoms with Crippen molar-refractivity contribution >= 4 is 17.2 Å². The summed E-state index contributed by atoms with van der Waals surface area (Å²) in [5.41, 5.74) is 0.194. The monoisotopic (exact) mass is 516 g/mol. The molecule has 0 bridgehead atoms. The van der Waals surface area contributed by atoms with Gasteiger partial charge in [0, 0.05) is 34.1 Å². The lowest BCUT2D eigenvalue weighted by molar-refractivity contribution is -0.141. The highest BCUT2D eigenvalue weighted by molar-refractivity contribution is 6.30. The Bertz CT molecular complexity index is 1650. The number of aromatic nitrogens is 6. The van der Waals surface area contributed by atoms with Crippen molar-refractivity contribution in [3.8, 4) is 28.1 Å². The number of pyridine rings is 2. The molecule has 4 heterocycles. The van der Waals surface area contributed by atoms with Gasteiger partial charge < -0.3 is 5.11 Å². The van der Waals surface area contributed by atoms with Gasteiger partial charge in [0.2, 0.25) is 5.88 Å². The van der Waals surface area contributed by atoms with E-state index in [2.05, 4.69) is 20.2 Å². The van der Waals surface area contributed by atoms with Crippen LogP contribution < -0.4 is 5.69 Å². The summed E-state index contributed by atoms with van der Waals surface area (Å²) in [5.74, 6) is -1.78. The molecule has 8 nitrogen and oxygen atoms in total. The van der Waals surface area contributed by atoms with Crippen molar-refractivity contribution in [2.75, 3.05) is 0 Å². The third kappa shape index (κ3) is 4.26. The Morgan fingerprint density at radius 1 is 0.972 bits per heavy atom. The highest BCUT2D eigenvalue weighted by atomic mass is 35.5. The summed E-state index contributed by atoms with van der Waals surface area (Å²) in [4.78, 5) is 20.1. The predicted octanol–water partition coefficient (Wildman–Crippen LogP) is 4.58. The van der Waals surface area contributed by atoms with Crippen LogP contribution in [0, 0.1) is 5.82 Å². The number of hydrogen-bond acceptors (Lipinski definition) is 6. The van der Waals surface area contributed by atoms with Gasteiger partial charge in [0.15, 0.2) is 11.5 Å². The van der Waals surface area contributed by atoms with Crippen LogP contribution in [0.2, 0.25) is 5.02 Å². The Morgan fingerprint density at radius 3 is 2.36 bits per heavy atom. The summed E-state index contributed by atoms with van der Waals surface area (Å²) < 4.78 is 54.6. The first-order valence-electron chi connectivity index (χ1n) is 10.2. The number of nitrogens with zero attached hydrogens (tertiary/aromatic N) is 6. The van der Waals surface area contributed by atoms with Crippen molar-refractivity contribution in [3.05, 3.63) is 93.6 Å². The Hall–Kier alpha value is -4.32. The molecule has 0 saturated heterocycles. The van der Waals surface area contributed by atoms with E-state index < -0.39 is 29.3 Å². The molecule has 0 radical (unpaired) electrons. The van der Waals surface area contributed by atoms with Crippen LogP contribution in [-0.4, -0.2) is 34.5 Å². The van der Waals surface area contributed by atoms with Crippen LogP contribution >= 0.6 is 11.6 Å². The van der Waals surface area contributed by atoms with Crippen molar-refractivity contribution in [2.24, 2.45) is 0 Å². The molecular formula is C23H13ClF4N6O2. The van der Waals surface area contributed by atoms with E-state index in [-0.39, 0.29) is 17.8 Å². The maximum Gasteiger partial charge on any atom is 0.433 e. The van der Waals surface area contributed by atoms with Gasteiger partial charge in [-0.25, -0.2) is 18.9 Å². The minimum Gasteiger partial charge on any atom is -0.491 e. The number of benzene rings is 1. The van der Waals surface area contributed by atoms with Crippen molar-refractivity contribution in [1.29, 1.82) is 0 Å². The molecule has 13 heteroatoms. The van der Waals surface area contributed by atoms with Gasteiger partial charge in [-0.2, -0.15) is 22.8 Å². The number of aromatic hydroxyl groups is 1. The maximum atomic E-state index is 14.2. The second kappa shape index (κ2) is 8.72. The fraction of sp³-hybridized carbons (Fsp3) is 0.0870. The quantitative estimate of drug-likeness (QED) is 0.351. The van der Waals surface area contributed by atoms with Crippen molar-refractivity contribution in [1.82, 2.24) is 29.4 Å². The van der Waals surface area contributed by atoms with Crippen LogP contribution in [0.3, 0.4) is 0 Å². The summed E-state index contributed by atoms with van der Waals surface area (Å²) in [6.07, 6.45) is -0.978. The highest BCUT2D eigenvalue weighted by Gasteiger charge is 2.32. The molecule has 0 spiro atoms. The molecule has 1 aromatic carbocycles. The zero-order valence-corrected chi connectivity index (χ0v) is 18.7. The van der Waals surface area contributed by atoms with Gasteiger partial charge in [0.05, 0.1) is 12.7 Å². The van der Waals surface area contributed by atoms with Gasteiger partial charge in [-0.3, -0.25) is 4.98 Å². The molecule has 182 valence electrons. The molecule has 0 aliphatic rings. The Kier molecular flexibility index (Phi) is 5.67. The van der Waals surface area contributed by atoms with Crippen molar-refractivity contribution in [2.45, 2.75) is 12.7 Å². The van der Waals surface area contributed by atoms with E-state index in [1.54, 1.807) is 24.3 Å². The zero-order chi connectivity index (χ0) is 25.6. The average molecular weight is 517 g/mol. The minimum absolute atomic E-state index is 0.0409. The van der Waals surface area contributed by atoms with Crippen molar-refractivity contribution in [3.63, 3.8) is 0 Å². The Balaban J connectivity index is 1.68.